The molecule has 0 fully saturated rings. The zero-order chi connectivity index (χ0) is 8.20. The summed E-state index contributed by atoms with van der Waals surface area (Å²) in [5.74, 6) is -0.805. The molecule has 0 atom stereocenters. The average Bonchev–Trinajstić information content (AvgIpc) is 1.59. The van der Waals surface area contributed by atoms with Crippen LogP contribution < -0.4 is 10.5 Å². The Balaban J connectivity index is 4.02. The summed E-state index contributed by atoms with van der Waals surface area (Å²) in [5.41, 5.74) is 4.96. The van der Waals surface area contributed by atoms with Crippen LogP contribution >= 0.6 is 0 Å². The van der Waals surface area contributed by atoms with Crippen LogP contribution in [0.15, 0.2) is 0 Å². The summed E-state index contributed by atoms with van der Waals surface area (Å²) in [5, 5.41) is 0. The van der Waals surface area contributed by atoms with Crippen molar-refractivity contribution in [2.24, 2.45) is 5.73 Å². The molecule has 0 radical (unpaired) electrons. The first kappa shape index (κ1) is 9.38. The van der Waals surface area contributed by atoms with Crippen molar-refractivity contribution in [2.75, 3.05) is 12.3 Å². The minimum Gasteiger partial charge on any atom is -0.329 e. The molecule has 0 aliphatic rings. The predicted molar refractivity (Wildman–Crippen MR) is 36.7 cm³/mol. The molecule has 0 saturated carbocycles. The molecule has 0 aromatic heterocycles. The zero-order valence-electron chi connectivity index (χ0n) is 5.62. The Morgan fingerprint density at radius 1 is 1.60 bits per heavy atom. The number of rotatable bonds is 3. The normalized spacial score (nSPS) is 11.0. The Morgan fingerprint density at radius 3 is 2.40 bits per heavy atom. The summed E-state index contributed by atoms with van der Waals surface area (Å²) in [6.45, 7) is 1.15. The van der Waals surface area contributed by atoms with Crippen molar-refractivity contribution < 1.29 is 13.2 Å². The van der Waals surface area contributed by atoms with E-state index in [4.69, 9.17) is 5.73 Å². The van der Waals surface area contributed by atoms with E-state index in [1.54, 1.807) is 4.72 Å². The second-order valence-electron chi connectivity index (χ2n) is 1.77. The standard InChI is InChI=1S/C4H10N2O3S/c1-4(7)6-10(8,9)3-2-5/h2-3,5H2,1H3,(H,6,7). The van der Waals surface area contributed by atoms with Crippen LogP contribution in [0.3, 0.4) is 0 Å². The molecule has 0 heterocycles. The van der Waals surface area contributed by atoms with Crippen LogP contribution in [0.5, 0.6) is 0 Å². The minimum absolute atomic E-state index is 0.0165. The third kappa shape index (κ3) is 4.28. The van der Waals surface area contributed by atoms with Crippen LogP contribution in [0.4, 0.5) is 0 Å². The number of carbonyl (C=O) groups is 1. The van der Waals surface area contributed by atoms with Gasteiger partial charge in [0.25, 0.3) is 0 Å². The van der Waals surface area contributed by atoms with Gasteiger partial charge in [-0.05, 0) is 0 Å². The fourth-order valence-corrected chi connectivity index (χ4v) is 1.28. The van der Waals surface area contributed by atoms with E-state index in [2.05, 4.69) is 0 Å². The fraction of sp³-hybridized carbons (Fsp3) is 0.750. The Morgan fingerprint density at radius 2 is 2.10 bits per heavy atom. The molecule has 0 saturated heterocycles. The van der Waals surface area contributed by atoms with Crippen LogP contribution in [-0.2, 0) is 14.8 Å². The zero-order valence-corrected chi connectivity index (χ0v) is 6.44. The molecule has 0 spiro atoms. The lowest BCUT2D eigenvalue weighted by atomic mass is 10.8. The summed E-state index contributed by atoms with van der Waals surface area (Å²) in [7, 11) is -3.46. The first-order valence-corrected chi connectivity index (χ1v) is 4.34. The first-order chi connectivity index (χ1) is 4.48. The lowest BCUT2D eigenvalue weighted by molar-refractivity contribution is -0.117. The van der Waals surface area contributed by atoms with Crippen molar-refractivity contribution in [3.8, 4) is 0 Å². The van der Waals surface area contributed by atoms with Gasteiger partial charge in [-0.15, -0.1) is 0 Å². The molecule has 5 nitrogen and oxygen atoms in total. The van der Waals surface area contributed by atoms with Gasteiger partial charge >= 0.3 is 0 Å². The van der Waals surface area contributed by atoms with Gasteiger partial charge in [0.15, 0.2) is 0 Å². The Hall–Kier alpha value is -0.620. The molecule has 0 unspecified atom stereocenters. The van der Waals surface area contributed by atoms with E-state index in [1.807, 2.05) is 0 Å². The molecule has 0 bridgehead atoms. The second-order valence-corrected chi connectivity index (χ2v) is 3.61. The van der Waals surface area contributed by atoms with Crippen molar-refractivity contribution in [2.45, 2.75) is 6.92 Å². The van der Waals surface area contributed by atoms with Crippen molar-refractivity contribution in [3.05, 3.63) is 0 Å². The first-order valence-electron chi connectivity index (χ1n) is 2.69. The third-order valence-electron chi connectivity index (χ3n) is 0.686. The van der Waals surface area contributed by atoms with Gasteiger partial charge in [-0.25, -0.2) is 8.42 Å². The smallest absolute Gasteiger partial charge is 0.236 e. The predicted octanol–water partition coefficient (Wildman–Crippen LogP) is -1.59. The molecular formula is C4H10N2O3S. The van der Waals surface area contributed by atoms with Gasteiger partial charge in [0.05, 0.1) is 5.75 Å². The number of sulfonamides is 1. The second kappa shape index (κ2) is 3.52. The molecule has 3 N–H and O–H groups in total. The van der Waals surface area contributed by atoms with Crippen LogP contribution in [-0.4, -0.2) is 26.6 Å². The van der Waals surface area contributed by atoms with E-state index in [-0.39, 0.29) is 12.3 Å². The maximum Gasteiger partial charge on any atom is 0.236 e. The average molecular weight is 166 g/mol. The summed E-state index contributed by atoms with van der Waals surface area (Å²) >= 11 is 0. The van der Waals surface area contributed by atoms with E-state index in [0.29, 0.717) is 0 Å². The van der Waals surface area contributed by atoms with Crippen molar-refractivity contribution >= 4 is 15.9 Å². The van der Waals surface area contributed by atoms with E-state index in [9.17, 15) is 13.2 Å². The summed E-state index contributed by atoms with van der Waals surface area (Å²) < 4.78 is 23.0. The van der Waals surface area contributed by atoms with E-state index in [1.165, 1.54) is 0 Å². The summed E-state index contributed by atoms with van der Waals surface area (Å²) in [6, 6.07) is 0. The third-order valence-corrected chi connectivity index (χ3v) is 2.06. The number of nitrogens with one attached hydrogen (secondary N) is 1. The molecule has 60 valence electrons. The molecule has 10 heavy (non-hydrogen) atoms. The summed E-state index contributed by atoms with van der Waals surface area (Å²) in [6.07, 6.45) is 0. The number of carbonyl (C=O) groups excluding carboxylic acids is 1. The molecule has 0 aliphatic carbocycles. The lowest BCUT2D eigenvalue weighted by Gasteiger charge is -2.00. The van der Waals surface area contributed by atoms with Crippen LogP contribution in [0.2, 0.25) is 0 Å². The molecule has 1 amide bonds. The quantitative estimate of drug-likeness (QED) is 0.529. The van der Waals surface area contributed by atoms with Crippen molar-refractivity contribution in [1.82, 2.24) is 4.72 Å². The topological polar surface area (TPSA) is 89.3 Å². The largest absolute Gasteiger partial charge is 0.329 e. The van der Waals surface area contributed by atoms with Crippen molar-refractivity contribution in [3.63, 3.8) is 0 Å². The Bertz CT molecular complexity index is 209. The van der Waals surface area contributed by atoms with Gasteiger partial charge in [0.2, 0.25) is 15.9 Å². The molecule has 6 heteroatoms. The Kier molecular flexibility index (Phi) is 3.31. The van der Waals surface area contributed by atoms with Gasteiger partial charge < -0.3 is 5.73 Å². The molecule has 0 rings (SSSR count). The lowest BCUT2D eigenvalue weighted by Crippen LogP contribution is -2.32. The Labute approximate surface area is 59.6 Å². The van der Waals surface area contributed by atoms with Gasteiger partial charge in [-0.1, -0.05) is 0 Å². The summed E-state index contributed by atoms with van der Waals surface area (Å²) in [4.78, 5) is 10.2. The van der Waals surface area contributed by atoms with E-state index in [0.717, 1.165) is 6.92 Å². The highest BCUT2D eigenvalue weighted by atomic mass is 32.2. The van der Waals surface area contributed by atoms with Gasteiger partial charge in [0.1, 0.15) is 0 Å². The monoisotopic (exact) mass is 166 g/mol. The fourth-order valence-electron chi connectivity index (χ4n) is 0.425. The number of hydrogen-bond acceptors (Lipinski definition) is 4. The van der Waals surface area contributed by atoms with Crippen LogP contribution in [0, 0.1) is 0 Å². The SMILES string of the molecule is CC(=O)NS(=O)(=O)CCN. The molecule has 0 aliphatic heterocycles. The van der Waals surface area contributed by atoms with Crippen LogP contribution in [0.25, 0.3) is 0 Å². The molecule has 0 aromatic carbocycles. The van der Waals surface area contributed by atoms with E-state index >= 15 is 0 Å². The molecular weight excluding hydrogens is 156 g/mol. The van der Waals surface area contributed by atoms with Gasteiger partial charge in [-0.2, -0.15) is 0 Å². The van der Waals surface area contributed by atoms with Crippen molar-refractivity contribution in [1.29, 1.82) is 0 Å². The maximum atomic E-state index is 10.6. The highest BCUT2D eigenvalue weighted by molar-refractivity contribution is 7.90. The number of hydrogen-bond donors (Lipinski definition) is 2. The number of nitrogens with two attached hydrogens (primary N) is 1. The molecule has 0 aromatic rings. The van der Waals surface area contributed by atoms with E-state index < -0.39 is 15.9 Å². The van der Waals surface area contributed by atoms with Gasteiger partial charge in [-0.3, -0.25) is 9.52 Å². The highest BCUT2D eigenvalue weighted by Crippen LogP contribution is 1.79. The minimum atomic E-state index is -3.46. The highest BCUT2D eigenvalue weighted by Gasteiger charge is 2.08. The maximum absolute atomic E-state index is 10.6. The van der Waals surface area contributed by atoms with Gasteiger partial charge in [0, 0.05) is 13.5 Å². The van der Waals surface area contributed by atoms with Crippen LogP contribution in [0.1, 0.15) is 6.92 Å². The number of amides is 1.